The fraction of sp³-hybridized carbons (Fsp3) is 0.481. The number of amides is 2. The fourth-order valence-electron chi connectivity index (χ4n) is 4.15. The molecule has 0 radical (unpaired) electrons. The standard InChI is InChI=1S/C27H37N3O7S/c1-5-7-14-28-27(32)23(6-2)29(18-20-8-11-22(35-3)12-9-20)26(31)19-30(38(4,33)34)21-10-13-24-25(17-21)37-16-15-36-24/h8-13,17,23H,5-7,14-16,18-19H2,1-4H3,(H,28,32)/t23-/m0/s1. The molecule has 1 atom stereocenters. The summed E-state index contributed by atoms with van der Waals surface area (Å²) in [6, 6.07) is 11.2. The highest BCUT2D eigenvalue weighted by Crippen LogP contribution is 2.34. The van der Waals surface area contributed by atoms with Crippen LogP contribution in [0.4, 0.5) is 5.69 Å². The lowest BCUT2D eigenvalue weighted by atomic mass is 10.1. The highest BCUT2D eigenvalue weighted by atomic mass is 32.2. The molecule has 0 spiro atoms. The van der Waals surface area contributed by atoms with Gasteiger partial charge < -0.3 is 24.4 Å². The zero-order chi connectivity index (χ0) is 27.7. The van der Waals surface area contributed by atoms with Crippen molar-refractivity contribution in [3.63, 3.8) is 0 Å². The van der Waals surface area contributed by atoms with Crippen LogP contribution in [-0.2, 0) is 26.2 Å². The summed E-state index contributed by atoms with van der Waals surface area (Å²) >= 11 is 0. The molecule has 1 aliphatic rings. The van der Waals surface area contributed by atoms with Crippen LogP contribution in [0, 0.1) is 0 Å². The number of rotatable bonds is 13. The van der Waals surface area contributed by atoms with Gasteiger partial charge in [0.1, 0.15) is 31.5 Å². The van der Waals surface area contributed by atoms with Crippen LogP contribution in [0.3, 0.4) is 0 Å². The van der Waals surface area contributed by atoms with E-state index in [0.717, 1.165) is 29.0 Å². The van der Waals surface area contributed by atoms with Gasteiger partial charge in [0.25, 0.3) is 0 Å². The largest absolute Gasteiger partial charge is 0.497 e. The van der Waals surface area contributed by atoms with Gasteiger partial charge in [0.2, 0.25) is 21.8 Å². The summed E-state index contributed by atoms with van der Waals surface area (Å²) in [6.45, 7) is 4.75. The van der Waals surface area contributed by atoms with E-state index < -0.39 is 28.5 Å². The maximum Gasteiger partial charge on any atom is 0.244 e. The Labute approximate surface area is 224 Å². The van der Waals surface area contributed by atoms with Gasteiger partial charge in [0.15, 0.2) is 11.5 Å². The number of nitrogens with zero attached hydrogens (tertiary/aromatic N) is 2. The van der Waals surface area contributed by atoms with Crippen molar-refractivity contribution in [3.8, 4) is 17.2 Å². The summed E-state index contributed by atoms with van der Waals surface area (Å²) in [4.78, 5) is 28.3. The maximum absolute atomic E-state index is 13.8. The number of anilines is 1. The van der Waals surface area contributed by atoms with Crippen molar-refractivity contribution >= 4 is 27.5 Å². The molecule has 11 heteroatoms. The van der Waals surface area contributed by atoms with Crippen LogP contribution in [0.2, 0.25) is 0 Å². The minimum Gasteiger partial charge on any atom is -0.497 e. The molecular formula is C27H37N3O7S. The van der Waals surface area contributed by atoms with Crippen LogP contribution < -0.4 is 23.8 Å². The topological polar surface area (TPSA) is 114 Å². The van der Waals surface area contributed by atoms with Crippen molar-refractivity contribution < 1.29 is 32.2 Å². The van der Waals surface area contributed by atoms with Crippen molar-refractivity contribution in [3.05, 3.63) is 48.0 Å². The molecule has 0 bridgehead atoms. The Kier molecular flexibility index (Phi) is 10.2. The predicted molar refractivity (Wildman–Crippen MR) is 145 cm³/mol. The van der Waals surface area contributed by atoms with Gasteiger partial charge in [0, 0.05) is 19.2 Å². The Hall–Kier alpha value is -3.47. The molecule has 10 nitrogen and oxygen atoms in total. The molecule has 0 aromatic heterocycles. The number of hydrogen-bond acceptors (Lipinski definition) is 7. The van der Waals surface area contributed by atoms with Crippen LogP contribution in [0.5, 0.6) is 17.2 Å². The highest BCUT2D eigenvalue weighted by molar-refractivity contribution is 7.92. The lowest BCUT2D eigenvalue weighted by Crippen LogP contribution is -2.52. The smallest absolute Gasteiger partial charge is 0.244 e. The molecular weight excluding hydrogens is 510 g/mol. The van der Waals surface area contributed by atoms with Crippen LogP contribution in [-0.4, -0.2) is 70.8 Å². The van der Waals surface area contributed by atoms with E-state index in [1.165, 1.54) is 4.90 Å². The summed E-state index contributed by atoms with van der Waals surface area (Å²) in [5.41, 5.74) is 1.05. The number of carbonyl (C=O) groups excluding carboxylic acids is 2. The van der Waals surface area contributed by atoms with Crippen molar-refractivity contribution in [1.29, 1.82) is 0 Å². The number of carbonyl (C=O) groups is 2. The van der Waals surface area contributed by atoms with Gasteiger partial charge in [-0.25, -0.2) is 8.42 Å². The molecule has 208 valence electrons. The van der Waals surface area contributed by atoms with E-state index in [2.05, 4.69) is 5.32 Å². The molecule has 3 rings (SSSR count). The van der Waals surface area contributed by atoms with E-state index >= 15 is 0 Å². The first-order valence-electron chi connectivity index (χ1n) is 12.7. The van der Waals surface area contributed by atoms with E-state index in [-0.39, 0.29) is 18.1 Å². The van der Waals surface area contributed by atoms with Gasteiger partial charge in [0.05, 0.1) is 19.1 Å². The minimum atomic E-state index is -3.85. The Balaban J connectivity index is 1.92. The van der Waals surface area contributed by atoms with E-state index in [9.17, 15) is 18.0 Å². The number of nitrogens with one attached hydrogen (secondary N) is 1. The quantitative estimate of drug-likeness (QED) is 0.384. The van der Waals surface area contributed by atoms with E-state index in [0.29, 0.717) is 43.4 Å². The second-order valence-corrected chi connectivity index (χ2v) is 10.9. The van der Waals surface area contributed by atoms with E-state index in [1.54, 1.807) is 37.4 Å². The molecule has 0 aliphatic carbocycles. The molecule has 0 saturated carbocycles. The van der Waals surface area contributed by atoms with Crippen molar-refractivity contribution in [1.82, 2.24) is 10.2 Å². The Morgan fingerprint density at radius 2 is 1.74 bits per heavy atom. The molecule has 1 N–H and O–H groups in total. The third kappa shape index (κ3) is 7.53. The molecule has 38 heavy (non-hydrogen) atoms. The number of hydrogen-bond donors (Lipinski definition) is 1. The third-order valence-corrected chi connectivity index (χ3v) is 7.36. The molecule has 0 unspecified atom stereocenters. The Morgan fingerprint density at radius 1 is 1.05 bits per heavy atom. The van der Waals surface area contributed by atoms with Crippen molar-refractivity contribution in [2.24, 2.45) is 0 Å². The van der Waals surface area contributed by atoms with Crippen LogP contribution in [0.15, 0.2) is 42.5 Å². The molecule has 0 fully saturated rings. The minimum absolute atomic E-state index is 0.126. The number of methoxy groups -OCH3 is 1. The predicted octanol–water partition coefficient (Wildman–Crippen LogP) is 2.96. The van der Waals surface area contributed by atoms with Crippen molar-refractivity contribution in [2.75, 3.05) is 44.0 Å². The first-order valence-corrected chi connectivity index (χ1v) is 14.6. The molecule has 0 saturated heterocycles. The monoisotopic (exact) mass is 547 g/mol. The number of ether oxygens (including phenoxy) is 3. The molecule has 1 aliphatic heterocycles. The molecule has 2 amide bonds. The molecule has 1 heterocycles. The molecule has 2 aromatic rings. The van der Waals surface area contributed by atoms with Gasteiger partial charge in [-0.3, -0.25) is 13.9 Å². The van der Waals surface area contributed by atoms with Crippen LogP contribution in [0.25, 0.3) is 0 Å². The zero-order valence-corrected chi connectivity index (χ0v) is 23.3. The lowest BCUT2D eigenvalue weighted by molar-refractivity contribution is -0.140. The highest BCUT2D eigenvalue weighted by Gasteiger charge is 2.32. The number of fused-ring (bicyclic) bond motifs is 1. The number of unbranched alkanes of at least 4 members (excludes halogenated alkanes) is 1. The van der Waals surface area contributed by atoms with Gasteiger partial charge in [-0.15, -0.1) is 0 Å². The first kappa shape index (κ1) is 29.1. The van der Waals surface area contributed by atoms with E-state index in [1.807, 2.05) is 26.0 Å². The first-order chi connectivity index (χ1) is 18.2. The lowest BCUT2D eigenvalue weighted by Gasteiger charge is -2.33. The average Bonchev–Trinajstić information content (AvgIpc) is 2.91. The average molecular weight is 548 g/mol. The van der Waals surface area contributed by atoms with Crippen molar-refractivity contribution in [2.45, 2.75) is 45.7 Å². The molecule has 2 aromatic carbocycles. The normalized spacial score (nSPS) is 13.4. The summed E-state index contributed by atoms with van der Waals surface area (Å²) in [5, 5.41) is 2.91. The second kappa shape index (κ2) is 13.4. The van der Waals surface area contributed by atoms with Gasteiger partial charge >= 0.3 is 0 Å². The summed E-state index contributed by atoms with van der Waals surface area (Å²) in [6.07, 6.45) is 3.15. The summed E-state index contributed by atoms with van der Waals surface area (Å²) in [7, 11) is -2.29. The number of sulfonamides is 1. The third-order valence-electron chi connectivity index (χ3n) is 6.22. The maximum atomic E-state index is 13.8. The van der Waals surface area contributed by atoms with E-state index in [4.69, 9.17) is 14.2 Å². The SMILES string of the molecule is CCCCNC(=O)[C@H](CC)N(Cc1ccc(OC)cc1)C(=O)CN(c1ccc2c(c1)OCCO2)S(C)(=O)=O. The Bertz CT molecular complexity index is 1200. The van der Waals surface area contributed by atoms with Gasteiger partial charge in [-0.1, -0.05) is 32.4 Å². The van der Waals surface area contributed by atoms with Crippen LogP contribution >= 0.6 is 0 Å². The van der Waals surface area contributed by atoms with Crippen LogP contribution in [0.1, 0.15) is 38.7 Å². The second-order valence-electron chi connectivity index (χ2n) is 9.04. The Morgan fingerprint density at radius 3 is 2.34 bits per heavy atom. The summed E-state index contributed by atoms with van der Waals surface area (Å²) in [5.74, 6) is 0.812. The van der Waals surface area contributed by atoms with Gasteiger partial charge in [-0.05, 0) is 42.7 Å². The number of benzene rings is 2. The zero-order valence-electron chi connectivity index (χ0n) is 22.4. The fourth-order valence-corrected chi connectivity index (χ4v) is 5.00. The van der Waals surface area contributed by atoms with Gasteiger partial charge in [-0.2, -0.15) is 0 Å². The summed E-state index contributed by atoms with van der Waals surface area (Å²) < 4.78 is 43.0.